The van der Waals surface area contributed by atoms with Crippen LogP contribution in [0.4, 0.5) is 0 Å². The van der Waals surface area contributed by atoms with Crippen molar-refractivity contribution in [2.45, 2.75) is 51.5 Å². The molecular weight excluding hydrogens is 202 g/mol. The van der Waals surface area contributed by atoms with Gasteiger partial charge in [0.2, 0.25) is 10.0 Å². The first kappa shape index (κ1) is 11.9. The summed E-state index contributed by atoms with van der Waals surface area (Å²) in [7, 11) is -3.21. The quantitative estimate of drug-likeness (QED) is 0.728. The van der Waals surface area contributed by atoms with Gasteiger partial charge in [-0.25, -0.2) is 13.1 Å². The molecule has 84 valence electrons. The predicted octanol–water partition coefficient (Wildman–Crippen LogP) is 0.474. The molecular formula is C9H19NO3S. The number of hydrogen-bond acceptors (Lipinski definition) is 3. The van der Waals surface area contributed by atoms with Crippen LogP contribution < -0.4 is 4.72 Å². The van der Waals surface area contributed by atoms with Crippen molar-refractivity contribution in [3.8, 4) is 0 Å². The molecule has 0 aromatic carbocycles. The lowest BCUT2D eigenvalue weighted by Crippen LogP contribution is -2.61. The summed E-state index contributed by atoms with van der Waals surface area (Å²) in [6.45, 7) is 7.03. The largest absolute Gasteiger partial charge is 0.392 e. The average Bonchev–Trinajstić information content (AvgIpc) is 2.03. The Morgan fingerprint density at radius 3 is 2.21 bits per heavy atom. The van der Waals surface area contributed by atoms with Gasteiger partial charge in [-0.1, -0.05) is 13.8 Å². The van der Waals surface area contributed by atoms with Gasteiger partial charge in [-0.05, 0) is 20.3 Å². The summed E-state index contributed by atoms with van der Waals surface area (Å²) >= 11 is 0. The molecule has 2 N–H and O–H groups in total. The zero-order chi connectivity index (χ0) is 11.1. The highest BCUT2D eigenvalue weighted by Gasteiger charge is 2.48. The Labute approximate surface area is 85.8 Å². The summed E-state index contributed by atoms with van der Waals surface area (Å²) in [6.07, 6.45) is 0.112. The van der Waals surface area contributed by atoms with Crippen LogP contribution in [0.2, 0.25) is 0 Å². The highest BCUT2D eigenvalue weighted by atomic mass is 32.2. The molecule has 1 rings (SSSR count). The van der Waals surface area contributed by atoms with E-state index in [-0.39, 0.29) is 11.5 Å². The third-order valence-electron chi connectivity index (χ3n) is 3.14. The van der Waals surface area contributed by atoms with Gasteiger partial charge in [0.25, 0.3) is 0 Å². The summed E-state index contributed by atoms with van der Waals surface area (Å²) in [5.74, 6) is 0. The van der Waals surface area contributed by atoms with E-state index < -0.39 is 21.4 Å². The molecule has 1 aliphatic rings. The first-order valence-corrected chi connectivity index (χ1v) is 6.41. The molecule has 1 saturated carbocycles. The molecule has 4 nitrogen and oxygen atoms in total. The minimum Gasteiger partial charge on any atom is -0.392 e. The second-order valence-electron chi connectivity index (χ2n) is 4.84. The van der Waals surface area contributed by atoms with Crippen molar-refractivity contribution in [3.63, 3.8) is 0 Å². The van der Waals surface area contributed by atoms with Crippen LogP contribution in [0, 0.1) is 5.41 Å². The van der Waals surface area contributed by atoms with Gasteiger partial charge in [-0.3, -0.25) is 0 Å². The van der Waals surface area contributed by atoms with E-state index in [9.17, 15) is 13.5 Å². The molecule has 1 fully saturated rings. The Morgan fingerprint density at radius 2 is 1.93 bits per heavy atom. The van der Waals surface area contributed by atoms with Gasteiger partial charge in [0.1, 0.15) is 0 Å². The molecule has 0 saturated heterocycles. The van der Waals surface area contributed by atoms with E-state index in [1.54, 1.807) is 13.8 Å². The second kappa shape index (κ2) is 3.47. The lowest BCUT2D eigenvalue weighted by atomic mass is 9.65. The molecule has 0 aliphatic heterocycles. The molecule has 0 spiro atoms. The van der Waals surface area contributed by atoms with Gasteiger partial charge < -0.3 is 5.11 Å². The van der Waals surface area contributed by atoms with Gasteiger partial charge in [0, 0.05) is 11.5 Å². The van der Waals surface area contributed by atoms with Crippen LogP contribution in [0.5, 0.6) is 0 Å². The predicted molar refractivity (Wildman–Crippen MR) is 55.4 cm³/mol. The molecule has 0 aromatic rings. The standard InChI is InChI=1S/C9H19NO3S/c1-6(2)14(12,13)10-7-5-8(11)9(7,3)4/h6-8,10-11H,5H2,1-4H3. The number of aliphatic hydroxyl groups excluding tert-OH is 1. The highest BCUT2D eigenvalue weighted by Crippen LogP contribution is 2.40. The Balaban J connectivity index is 2.65. The molecule has 14 heavy (non-hydrogen) atoms. The Hall–Kier alpha value is -0.130. The van der Waals surface area contributed by atoms with E-state index in [4.69, 9.17) is 0 Å². The molecule has 2 unspecified atom stereocenters. The van der Waals surface area contributed by atoms with E-state index in [2.05, 4.69) is 4.72 Å². The lowest BCUT2D eigenvalue weighted by molar-refractivity contribution is -0.0645. The van der Waals surface area contributed by atoms with Crippen LogP contribution in [-0.4, -0.2) is 30.9 Å². The average molecular weight is 221 g/mol. The fourth-order valence-corrected chi connectivity index (χ4v) is 2.51. The SMILES string of the molecule is CC(C)S(=O)(=O)NC1CC(O)C1(C)C. The minimum atomic E-state index is -3.21. The maximum atomic E-state index is 11.5. The molecule has 0 radical (unpaired) electrons. The minimum absolute atomic E-state index is 0.134. The van der Waals surface area contributed by atoms with Gasteiger partial charge in [0.05, 0.1) is 11.4 Å². The number of hydrogen-bond donors (Lipinski definition) is 2. The van der Waals surface area contributed by atoms with E-state index in [1.807, 2.05) is 13.8 Å². The van der Waals surface area contributed by atoms with E-state index in [0.717, 1.165) is 0 Å². The Kier molecular flexibility index (Phi) is 2.96. The van der Waals surface area contributed by atoms with Gasteiger partial charge in [0.15, 0.2) is 0 Å². The number of rotatable bonds is 3. The van der Waals surface area contributed by atoms with Crippen LogP contribution in [0.15, 0.2) is 0 Å². The van der Waals surface area contributed by atoms with Crippen LogP contribution >= 0.6 is 0 Å². The molecule has 5 heteroatoms. The zero-order valence-corrected chi connectivity index (χ0v) is 9.93. The number of aliphatic hydroxyl groups is 1. The summed E-state index contributed by atoms with van der Waals surface area (Å²) in [6, 6.07) is -0.134. The lowest BCUT2D eigenvalue weighted by Gasteiger charge is -2.49. The van der Waals surface area contributed by atoms with Crippen molar-refractivity contribution in [1.29, 1.82) is 0 Å². The maximum absolute atomic E-state index is 11.5. The van der Waals surface area contributed by atoms with Crippen LogP contribution in [0.1, 0.15) is 34.1 Å². The first-order valence-electron chi connectivity index (χ1n) is 4.87. The van der Waals surface area contributed by atoms with Crippen LogP contribution in [0.25, 0.3) is 0 Å². The fraction of sp³-hybridized carbons (Fsp3) is 1.00. The molecule has 0 aromatic heterocycles. The topological polar surface area (TPSA) is 66.4 Å². The van der Waals surface area contributed by atoms with Crippen molar-refractivity contribution in [3.05, 3.63) is 0 Å². The summed E-state index contributed by atoms with van der Waals surface area (Å²) in [4.78, 5) is 0. The van der Waals surface area contributed by atoms with Gasteiger partial charge in [-0.15, -0.1) is 0 Å². The summed E-state index contributed by atoms with van der Waals surface area (Å²) in [5.41, 5.74) is -0.345. The zero-order valence-electron chi connectivity index (χ0n) is 9.11. The monoisotopic (exact) mass is 221 g/mol. The van der Waals surface area contributed by atoms with Crippen molar-refractivity contribution in [2.75, 3.05) is 0 Å². The third-order valence-corrected chi connectivity index (χ3v) is 5.00. The summed E-state index contributed by atoms with van der Waals surface area (Å²) in [5, 5.41) is 9.03. The van der Waals surface area contributed by atoms with Crippen molar-refractivity contribution >= 4 is 10.0 Å². The number of sulfonamides is 1. The second-order valence-corrected chi connectivity index (χ2v) is 7.11. The first-order chi connectivity index (χ1) is 6.18. The van der Waals surface area contributed by atoms with E-state index >= 15 is 0 Å². The molecule has 1 aliphatic carbocycles. The maximum Gasteiger partial charge on any atom is 0.214 e. The third kappa shape index (κ3) is 1.94. The fourth-order valence-electron chi connectivity index (χ4n) is 1.44. The normalized spacial score (nSPS) is 31.6. The van der Waals surface area contributed by atoms with Crippen LogP contribution in [-0.2, 0) is 10.0 Å². The van der Waals surface area contributed by atoms with E-state index in [0.29, 0.717) is 6.42 Å². The molecule has 2 atom stereocenters. The van der Waals surface area contributed by atoms with Crippen molar-refractivity contribution < 1.29 is 13.5 Å². The van der Waals surface area contributed by atoms with Gasteiger partial charge in [-0.2, -0.15) is 0 Å². The molecule has 0 bridgehead atoms. The molecule has 0 heterocycles. The number of nitrogens with one attached hydrogen (secondary N) is 1. The van der Waals surface area contributed by atoms with Crippen LogP contribution in [0.3, 0.4) is 0 Å². The van der Waals surface area contributed by atoms with E-state index in [1.165, 1.54) is 0 Å². The smallest absolute Gasteiger partial charge is 0.214 e. The Morgan fingerprint density at radius 1 is 1.43 bits per heavy atom. The molecule has 0 amide bonds. The Bertz CT molecular complexity index is 308. The van der Waals surface area contributed by atoms with Crippen molar-refractivity contribution in [2.24, 2.45) is 5.41 Å². The van der Waals surface area contributed by atoms with Crippen molar-refractivity contribution in [1.82, 2.24) is 4.72 Å². The van der Waals surface area contributed by atoms with Gasteiger partial charge >= 0.3 is 0 Å². The highest BCUT2D eigenvalue weighted by molar-refractivity contribution is 7.90. The summed E-state index contributed by atoms with van der Waals surface area (Å²) < 4.78 is 25.7.